The van der Waals surface area contributed by atoms with Crippen molar-refractivity contribution in [1.82, 2.24) is 0 Å². The molecule has 0 saturated heterocycles. The molecule has 0 bridgehead atoms. The summed E-state index contributed by atoms with van der Waals surface area (Å²) in [6, 6.07) is 8.70. The first kappa shape index (κ1) is 16.0. The highest BCUT2D eigenvalue weighted by atomic mass is 19.4. The molecular formula is C17H11F4NO2. The molecule has 0 aliphatic carbocycles. The number of furan rings is 1. The Kier molecular flexibility index (Phi) is 3.79. The van der Waals surface area contributed by atoms with E-state index in [-0.39, 0.29) is 5.76 Å². The lowest BCUT2D eigenvalue weighted by Gasteiger charge is -2.10. The molecule has 0 saturated carbocycles. The molecule has 3 aromatic rings. The molecule has 1 heterocycles. The minimum Gasteiger partial charge on any atom is -0.451 e. The van der Waals surface area contributed by atoms with Crippen LogP contribution in [0.3, 0.4) is 0 Å². The van der Waals surface area contributed by atoms with Crippen molar-refractivity contribution >= 4 is 22.6 Å². The zero-order valence-corrected chi connectivity index (χ0v) is 12.4. The predicted molar refractivity (Wildman–Crippen MR) is 80.3 cm³/mol. The molecule has 0 aliphatic heterocycles. The minimum absolute atomic E-state index is 0.0759. The zero-order valence-electron chi connectivity index (χ0n) is 12.4. The number of benzene rings is 2. The second-order valence-corrected chi connectivity index (χ2v) is 5.20. The fourth-order valence-electron chi connectivity index (χ4n) is 2.37. The highest BCUT2D eigenvalue weighted by Crippen LogP contribution is 2.32. The van der Waals surface area contributed by atoms with Crippen LogP contribution in [0.5, 0.6) is 0 Å². The number of carbonyl (C=O) groups is 1. The maximum Gasteiger partial charge on any atom is 0.416 e. The van der Waals surface area contributed by atoms with Gasteiger partial charge in [-0.2, -0.15) is 13.2 Å². The van der Waals surface area contributed by atoms with Crippen molar-refractivity contribution in [3.63, 3.8) is 0 Å². The molecular weight excluding hydrogens is 326 g/mol. The van der Waals surface area contributed by atoms with E-state index in [1.165, 1.54) is 0 Å². The maximum atomic E-state index is 13.7. The van der Waals surface area contributed by atoms with E-state index in [1.807, 2.05) is 0 Å². The molecule has 1 aromatic heterocycles. The topological polar surface area (TPSA) is 42.2 Å². The lowest BCUT2D eigenvalue weighted by molar-refractivity contribution is -0.137. The van der Waals surface area contributed by atoms with Gasteiger partial charge in [0.1, 0.15) is 11.4 Å². The molecule has 124 valence electrons. The summed E-state index contributed by atoms with van der Waals surface area (Å²) in [5.74, 6) is -1.86. The molecule has 3 rings (SSSR count). The zero-order chi connectivity index (χ0) is 17.5. The van der Waals surface area contributed by atoms with Crippen molar-refractivity contribution in [1.29, 1.82) is 0 Å². The van der Waals surface area contributed by atoms with Gasteiger partial charge in [-0.3, -0.25) is 4.79 Å². The third kappa shape index (κ3) is 2.84. The fraction of sp³-hybridized carbons (Fsp3) is 0.118. The number of hydrogen-bond acceptors (Lipinski definition) is 2. The van der Waals surface area contributed by atoms with E-state index < -0.39 is 29.2 Å². The lowest BCUT2D eigenvalue weighted by Crippen LogP contribution is -2.14. The van der Waals surface area contributed by atoms with Crippen molar-refractivity contribution in [3.8, 4) is 0 Å². The maximum absolute atomic E-state index is 13.7. The van der Waals surface area contributed by atoms with E-state index >= 15 is 0 Å². The van der Waals surface area contributed by atoms with Gasteiger partial charge in [0, 0.05) is 10.9 Å². The summed E-state index contributed by atoms with van der Waals surface area (Å²) in [7, 11) is 0. The number of fused-ring (bicyclic) bond motifs is 1. The first-order valence-electron chi connectivity index (χ1n) is 6.93. The summed E-state index contributed by atoms with van der Waals surface area (Å²) in [6.45, 7) is 1.64. The average Bonchev–Trinajstić information content (AvgIpc) is 2.86. The number of anilines is 1. The quantitative estimate of drug-likeness (QED) is 0.657. The number of para-hydroxylation sites is 1. The van der Waals surface area contributed by atoms with Gasteiger partial charge in [-0.25, -0.2) is 4.39 Å². The summed E-state index contributed by atoms with van der Waals surface area (Å²) >= 11 is 0. The highest BCUT2D eigenvalue weighted by molar-refractivity contribution is 6.06. The molecule has 3 nitrogen and oxygen atoms in total. The van der Waals surface area contributed by atoms with E-state index in [4.69, 9.17) is 4.42 Å². The largest absolute Gasteiger partial charge is 0.451 e. The molecule has 0 unspecified atom stereocenters. The second-order valence-electron chi connectivity index (χ2n) is 5.20. The normalized spacial score (nSPS) is 11.7. The van der Waals surface area contributed by atoms with Crippen molar-refractivity contribution in [3.05, 3.63) is 65.2 Å². The van der Waals surface area contributed by atoms with Gasteiger partial charge in [0.2, 0.25) is 0 Å². The molecule has 7 heteroatoms. The van der Waals surface area contributed by atoms with E-state index in [0.29, 0.717) is 34.7 Å². The van der Waals surface area contributed by atoms with Crippen LogP contribution in [0.4, 0.5) is 23.2 Å². The number of halogens is 4. The van der Waals surface area contributed by atoms with Crippen LogP contribution < -0.4 is 5.32 Å². The average molecular weight is 337 g/mol. The summed E-state index contributed by atoms with van der Waals surface area (Å²) in [5.41, 5.74) is -0.629. The third-order valence-electron chi connectivity index (χ3n) is 3.59. The number of nitrogens with one attached hydrogen (secondary N) is 1. The van der Waals surface area contributed by atoms with Crippen LogP contribution in [0, 0.1) is 12.7 Å². The number of alkyl halides is 3. The Balaban J connectivity index is 1.96. The van der Waals surface area contributed by atoms with Crippen molar-refractivity contribution in [2.24, 2.45) is 0 Å². The van der Waals surface area contributed by atoms with E-state index in [9.17, 15) is 22.4 Å². The standard InChI is InChI=1S/C17H11F4NO2/c1-9-11-4-2-3-5-14(11)24-15(9)16(23)22-13-8-10(17(19,20)21)6-7-12(13)18/h2-8H,1H3,(H,22,23). The van der Waals surface area contributed by atoms with Crippen molar-refractivity contribution in [2.75, 3.05) is 5.32 Å². The van der Waals surface area contributed by atoms with Gasteiger partial charge in [0.05, 0.1) is 11.3 Å². The van der Waals surface area contributed by atoms with Crippen LogP contribution in [0.15, 0.2) is 46.9 Å². The smallest absolute Gasteiger partial charge is 0.416 e. The van der Waals surface area contributed by atoms with Crippen LogP contribution in [0.25, 0.3) is 11.0 Å². The number of amides is 1. The van der Waals surface area contributed by atoms with Gasteiger partial charge in [-0.05, 0) is 31.2 Å². The fourth-order valence-corrected chi connectivity index (χ4v) is 2.37. The number of rotatable bonds is 2. The number of hydrogen-bond donors (Lipinski definition) is 1. The molecule has 0 spiro atoms. The van der Waals surface area contributed by atoms with Gasteiger partial charge in [-0.15, -0.1) is 0 Å². The summed E-state index contributed by atoms with van der Waals surface area (Å²) < 4.78 is 57.3. The van der Waals surface area contributed by atoms with Gasteiger partial charge in [0.15, 0.2) is 5.76 Å². The molecule has 0 atom stereocenters. The molecule has 0 radical (unpaired) electrons. The van der Waals surface area contributed by atoms with E-state index in [2.05, 4.69) is 5.32 Å². The summed E-state index contributed by atoms with van der Waals surface area (Å²) in [5, 5.41) is 2.83. The molecule has 1 amide bonds. The Morgan fingerprint density at radius 1 is 1.12 bits per heavy atom. The molecule has 24 heavy (non-hydrogen) atoms. The lowest BCUT2D eigenvalue weighted by atomic mass is 10.1. The van der Waals surface area contributed by atoms with Crippen LogP contribution in [-0.2, 0) is 6.18 Å². The number of aryl methyl sites for hydroxylation is 1. The molecule has 1 N–H and O–H groups in total. The molecule has 2 aromatic carbocycles. The third-order valence-corrected chi connectivity index (χ3v) is 3.59. The Labute approximate surface area is 133 Å². The Morgan fingerprint density at radius 2 is 1.83 bits per heavy atom. The van der Waals surface area contributed by atoms with Crippen molar-refractivity contribution < 1.29 is 26.8 Å². The van der Waals surface area contributed by atoms with Gasteiger partial charge in [0.25, 0.3) is 5.91 Å². The molecule has 0 fully saturated rings. The van der Waals surface area contributed by atoms with Crippen LogP contribution in [0.1, 0.15) is 21.7 Å². The first-order chi connectivity index (χ1) is 11.3. The van der Waals surface area contributed by atoms with E-state index in [1.54, 1.807) is 31.2 Å². The monoisotopic (exact) mass is 337 g/mol. The van der Waals surface area contributed by atoms with E-state index in [0.717, 1.165) is 0 Å². The molecule has 0 aliphatic rings. The summed E-state index contributed by atoms with van der Waals surface area (Å²) in [4.78, 5) is 12.3. The summed E-state index contributed by atoms with van der Waals surface area (Å²) in [6.07, 6.45) is -4.64. The Hall–Kier alpha value is -2.83. The Morgan fingerprint density at radius 3 is 2.50 bits per heavy atom. The first-order valence-corrected chi connectivity index (χ1v) is 6.93. The minimum atomic E-state index is -4.64. The van der Waals surface area contributed by atoms with Gasteiger partial charge < -0.3 is 9.73 Å². The highest BCUT2D eigenvalue weighted by Gasteiger charge is 2.31. The van der Waals surface area contributed by atoms with Crippen LogP contribution in [0.2, 0.25) is 0 Å². The van der Waals surface area contributed by atoms with Crippen LogP contribution >= 0.6 is 0 Å². The van der Waals surface area contributed by atoms with Gasteiger partial charge in [-0.1, -0.05) is 18.2 Å². The van der Waals surface area contributed by atoms with Gasteiger partial charge >= 0.3 is 6.18 Å². The van der Waals surface area contributed by atoms with Crippen LogP contribution in [-0.4, -0.2) is 5.91 Å². The number of carbonyl (C=O) groups excluding carboxylic acids is 1. The SMILES string of the molecule is Cc1c(C(=O)Nc2cc(C(F)(F)F)ccc2F)oc2ccccc12. The second kappa shape index (κ2) is 5.67. The Bertz CT molecular complexity index is 928. The van der Waals surface area contributed by atoms with Crippen molar-refractivity contribution in [2.45, 2.75) is 13.1 Å². The predicted octanol–water partition coefficient (Wildman–Crippen LogP) is 5.15.